The highest BCUT2D eigenvalue weighted by atomic mass is 32.3. The number of hydrogen-bond acceptors (Lipinski definition) is 5. The molecule has 1 aliphatic carbocycles. The molecule has 20 heavy (non-hydrogen) atoms. The van der Waals surface area contributed by atoms with Crippen LogP contribution in [-0.2, 0) is 20.2 Å². The Morgan fingerprint density at radius 1 is 1.40 bits per heavy atom. The number of terminal acetylenes is 1. The molecule has 0 radical (unpaired) electrons. The standard InChI is InChI=1S/C11H12FNO4S3/c1-2-11(4-3-5-11)8-13-20(16,17)10-6-9(7-18-10)19(12,14)15/h1,6-7,13H,3-5,8H2. The van der Waals surface area contributed by atoms with E-state index in [0.717, 1.165) is 30.7 Å². The van der Waals surface area contributed by atoms with E-state index in [1.807, 2.05) is 0 Å². The molecule has 0 spiro atoms. The van der Waals surface area contributed by atoms with Crippen molar-refractivity contribution in [3.8, 4) is 12.3 Å². The number of hydrogen-bond donors (Lipinski definition) is 1. The van der Waals surface area contributed by atoms with E-state index in [9.17, 15) is 20.7 Å². The van der Waals surface area contributed by atoms with Gasteiger partial charge in [0.25, 0.3) is 0 Å². The minimum atomic E-state index is -4.90. The van der Waals surface area contributed by atoms with Crippen molar-refractivity contribution in [2.75, 3.05) is 6.54 Å². The SMILES string of the molecule is C#CC1(CNS(=O)(=O)c2cc(S(=O)(=O)F)cs2)CCC1. The van der Waals surface area contributed by atoms with Crippen molar-refractivity contribution in [2.45, 2.75) is 28.4 Å². The molecule has 0 saturated heterocycles. The van der Waals surface area contributed by atoms with Crippen LogP contribution in [0.4, 0.5) is 3.89 Å². The topological polar surface area (TPSA) is 80.3 Å². The summed E-state index contributed by atoms with van der Waals surface area (Å²) in [4.78, 5) is -0.654. The van der Waals surface area contributed by atoms with Crippen molar-refractivity contribution in [3.05, 3.63) is 11.4 Å². The zero-order chi connectivity index (χ0) is 15.0. The maximum Gasteiger partial charge on any atom is 0.332 e. The highest BCUT2D eigenvalue weighted by molar-refractivity contribution is 7.91. The third-order valence-electron chi connectivity index (χ3n) is 3.32. The second-order valence-electron chi connectivity index (χ2n) is 4.64. The van der Waals surface area contributed by atoms with Gasteiger partial charge in [-0.2, -0.15) is 8.42 Å². The number of nitrogens with one attached hydrogen (secondary N) is 1. The van der Waals surface area contributed by atoms with Gasteiger partial charge < -0.3 is 0 Å². The second kappa shape index (κ2) is 5.11. The quantitative estimate of drug-likeness (QED) is 0.652. The first-order valence-electron chi connectivity index (χ1n) is 5.69. The van der Waals surface area contributed by atoms with E-state index in [-0.39, 0.29) is 10.8 Å². The van der Waals surface area contributed by atoms with Gasteiger partial charge in [0, 0.05) is 17.3 Å². The van der Waals surface area contributed by atoms with Gasteiger partial charge >= 0.3 is 10.2 Å². The summed E-state index contributed by atoms with van der Waals surface area (Å²) in [6.07, 6.45) is 7.84. The third-order valence-corrected chi connectivity index (χ3v) is 7.10. The molecule has 0 unspecified atom stereocenters. The molecule has 5 nitrogen and oxygen atoms in total. The lowest BCUT2D eigenvalue weighted by molar-refractivity contribution is 0.222. The molecule has 1 saturated carbocycles. The molecule has 1 aromatic rings. The Morgan fingerprint density at radius 3 is 2.45 bits per heavy atom. The average Bonchev–Trinajstić information content (AvgIpc) is 2.77. The van der Waals surface area contributed by atoms with Crippen molar-refractivity contribution in [2.24, 2.45) is 5.41 Å². The summed E-state index contributed by atoms with van der Waals surface area (Å²) in [6.45, 7) is 0.0987. The van der Waals surface area contributed by atoms with E-state index >= 15 is 0 Å². The number of sulfonamides is 1. The van der Waals surface area contributed by atoms with Crippen LogP contribution in [0.2, 0.25) is 0 Å². The minimum absolute atomic E-state index is 0.0987. The summed E-state index contributed by atoms with van der Waals surface area (Å²) in [7, 11) is -8.78. The van der Waals surface area contributed by atoms with Crippen LogP contribution in [-0.4, -0.2) is 23.4 Å². The van der Waals surface area contributed by atoms with Gasteiger partial charge in [0.2, 0.25) is 10.0 Å². The Bertz CT molecular complexity index is 754. The molecular weight excluding hydrogens is 325 g/mol. The lowest BCUT2D eigenvalue weighted by Crippen LogP contribution is -2.40. The van der Waals surface area contributed by atoms with Crippen LogP contribution in [0.5, 0.6) is 0 Å². The van der Waals surface area contributed by atoms with Gasteiger partial charge in [-0.1, -0.05) is 12.3 Å². The molecule has 0 aliphatic heterocycles. The fourth-order valence-electron chi connectivity index (χ4n) is 1.85. The van der Waals surface area contributed by atoms with Crippen molar-refractivity contribution >= 4 is 31.6 Å². The van der Waals surface area contributed by atoms with E-state index < -0.39 is 30.6 Å². The Morgan fingerprint density at radius 2 is 2.05 bits per heavy atom. The van der Waals surface area contributed by atoms with E-state index in [4.69, 9.17) is 6.42 Å². The summed E-state index contributed by atoms with van der Waals surface area (Å²) in [5.74, 6) is 2.59. The van der Waals surface area contributed by atoms with E-state index in [1.165, 1.54) is 0 Å². The highest BCUT2D eigenvalue weighted by Gasteiger charge is 2.36. The van der Waals surface area contributed by atoms with Gasteiger partial charge in [0.1, 0.15) is 9.10 Å². The smallest absolute Gasteiger partial charge is 0.209 e. The number of thiophene rings is 1. The van der Waals surface area contributed by atoms with Crippen molar-refractivity contribution in [3.63, 3.8) is 0 Å². The molecule has 1 heterocycles. The second-order valence-corrected chi connectivity index (χ2v) is 8.89. The van der Waals surface area contributed by atoms with Crippen molar-refractivity contribution in [1.82, 2.24) is 4.72 Å². The van der Waals surface area contributed by atoms with Gasteiger partial charge in [0.15, 0.2) is 0 Å². The monoisotopic (exact) mass is 337 g/mol. The molecule has 9 heteroatoms. The van der Waals surface area contributed by atoms with Crippen LogP contribution in [0.1, 0.15) is 19.3 Å². The van der Waals surface area contributed by atoms with E-state index in [0.29, 0.717) is 11.3 Å². The van der Waals surface area contributed by atoms with E-state index in [2.05, 4.69) is 10.6 Å². The van der Waals surface area contributed by atoms with Crippen LogP contribution in [0, 0.1) is 17.8 Å². The van der Waals surface area contributed by atoms with Gasteiger partial charge in [-0.3, -0.25) is 0 Å². The predicted molar refractivity (Wildman–Crippen MR) is 72.9 cm³/mol. The Balaban J connectivity index is 2.15. The fourth-order valence-corrected chi connectivity index (χ4v) is 5.07. The first-order chi connectivity index (χ1) is 9.19. The maximum absolute atomic E-state index is 12.8. The number of rotatable bonds is 5. The minimum Gasteiger partial charge on any atom is -0.209 e. The summed E-state index contributed by atoms with van der Waals surface area (Å²) >= 11 is 0.646. The summed E-state index contributed by atoms with van der Waals surface area (Å²) in [6, 6.07) is 0.797. The molecule has 0 bridgehead atoms. The molecule has 110 valence electrons. The first-order valence-corrected chi connectivity index (χ1v) is 9.44. The zero-order valence-electron chi connectivity index (χ0n) is 10.3. The van der Waals surface area contributed by atoms with Crippen LogP contribution in [0.25, 0.3) is 0 Å². The lowest BCUT2D eigenvalue weighted by Gasteiger charge is -2.36. The largest absolute Gasteiger partial charge is 0.332 e. The highest BCUT2D eigenvalue weighted by Crippen LogP contribution is 2.39. The molecule has 1 N–H and O–H groups in total. The summed E-state index contributed by atoms with van der Waals surface area (Å²) < 4.78 is 60.2. The molecule has 0 aromatic carbocycles. The first kappa shape index (κ1) is 15.4. The van der Waals surface area contributed by atoms with Crippen LogP contribution in [0.15, 0.2) is 20.6 Å². The third kappa shape index (κ3) is 3.03. The Hall–Kier alpha value is -0.950. The Labute approximate surface area is 121 Å². The van der Waals surface area contributed by atoms with Gasteiger partial charge in [0.05, 0.1) is 0 Å². The van der Waals surface area contributed by atoms with Crippen LogP contribution >= 0.6 is 11.3 Å². The molecule has 1 aromatic heterocycles. The van der Waals surface area contributed by atoms with Crippen LogP contribution in [0.3, 0.4) is 0 Å². The zero-order valence-corrected chi connectivity index (χ0v) is 12.7. The fraction of sp³-hybridized carbons (Fsp3) is 0.455. The van der Waals surface area contributed by atoms with E-state index in [1.54, 1.807) is 0 Å². The average molecular weight is 337 g/mol. The maximum atomic E-state index is 12.8. The van der Waals surface area contributed by atoms with Gasteiger partial charge in [-0.15, -0.1) is 21.6 Å². The predicted octanol–water partition coefficient (Wildman–Crippen LogP) is 1.49. The molecule has 0 amide bonds. The van der Waals surface area contributed by atoms with Crippen molar-refractivity contribution in [1.29, 1.82) is 0 Å². The summed E-state index contributed by atoms with van der Waals surface area (Å²) in [5.41, 5.74) is -0.459. The van der Waals surface area contributed by atoms with Crippen molar-refractivity contribution < 1.29 is 20.7 Å². The lowest BCUT2D eigenvalue weighted by atomic mass is 9.70. The Kier molecular flexibility index (Phi) is 3.94. The number of halogens is 1. The molecule has 1 fully saturated rings. The molecule has 2 rings (SSSR count). The van der Waals surface area contributed by atoms with Gasteiger partial charge in [-0.25, -0.2) is 13.1 Å². The van der Waals surface area contributed by atoms with Gasteiger partial charge in [-0.05, 0) is 18.9 Å². The molecule has 0 atom stereocenters. The van der Waals surface area contributed by atoms with Crippen LogP contribution < -0.4 is 4.72 Å². The molecule has 1 aliphatic rings. The summed E-state index contributed by atoms with van der Waals surface area (Å²) in [5, 5.41) is 0.949. The molecular formula is C11H12FNO4S3. The normalized spacial score (nSPS) is 18.2.